The van der Waals surface area contributed by atoms with Gasteiger partial charge in [0.1, 0.15) is 0 Å². The van der Waals surface area contributed by atoms with Crippen molar-refractivity contribution in [3.8, 4) is 0 Å². The molecule has 0 fully saturated rings. The zero-order valence-electron chi connectivity index (χ0n) is 8.07. The van der Waals surface area contributed by atoms with E-state index in [9.17, 15) is 4.57 Å². The molecule has 11 heteroatoms. The van der Waals surface area contributed by atoms with Crippen molar-refractivity contribution in [1.29, 1.82) is 0 Å². The largest absolute Gasteiger partial charge is 0.491 e. The van der Waals surface area contributed by atoms with Crippen LogP contribution in [0.1, 0.15) is 13.8 Å². The normalized spacial score (nSPS) is 11.9. The molecule has 0 aliphatic rings. The molecule has 0 rings (SSSR count). The second-order valence-corrected chi connectivity index (χ2v) is 4.85. The van der Waals surface area contributed by atoms with Crippen LogP contribution >= 0.6 is 27.5 Å². The fourth-order valence-electron chi connectivity index (χ4n) is 0.393. The van der Waals surface area contributed by atoms with Crippen LogP contribution in [0.2, 0.25) is 0 Å². The minimum Gasteiger partial charge on any atom is -0.303 e. The number of hydrogen-bond donors (Lipinski definition) is 3. The molecule has 0 saturated carbocycles. The molecule has 3 N–H and O–H groups in total. The van der Waals surface area contributed by atoms with Crippen molar-refractivity contribution >= 4 is 27.5 Å². The summed E-state index contributed by atoms with van der Waals surface area (Å²) >= 11 is 4.85. The summed E-state index contributed by atoms with van der Waals surface area (Å²) in [4.78, 5) is 21.6. The van der Waals surface area contributed by atoms with Crippen molar-refractivity contribution in [2.75, 3.05) is 13.2 Å². The van der Waals surface area contributed by atoms with Crippen molar-refractivity contribution < 1.29 is 36.9 Å². The van der Waals surface area contributed by atoms with Gasteiger partial charge in [-0.3, -0.25) is 9.05 Å². The first-order chi connectivity index (χ1) is 6.68. The highest BCUT2D eigenvalue weighted by Crippen LogP contribution is 2.50. The topological polar surface area (TPSA) is 123 Å². The van der Waals surface area contributed by atoms with Gasteiger partial charge in [0.25, 0.3) is 0 Å². The van der Waals surface area contributed by atoms with Crippen LogP contribution in [-0.4, -0.2) is 27.9 Å². The van der Waals surface area contributed by atoms with Gasteiger partial charge < -0.3 is 14.7 Å². The molecule has 0 aliphatic heterocycles. The van der Waals surface area contributed by atoms with E-state index >= 15 is 0 Å². The lowest BCUT2D eigenvalue weighted by Gasteiger charge is -2.10. The molecule has 0 aliphatic carbocycles. The summed E-state index contributed by atoms with van der Waals surface area (Å²) in [5.74, 6) is 0. The van der Waals surface area contributed by atoms with Gasteiger partial charge in [0, 0.05) is 0 Å². The quantitative estimate of drug-likeness (QED) is 0.648. The Balaban J connectivity index is 0. The molecule has 0 unspecified atom stereocenters. The van der Waals surface area contributed by atoms with Crippen LogP contribution in [-0.2, 0) is 22.3 Å². The molecule has 0 heterocycles. The van der Waals surface area contributed by atoms with E-state index in [0.717, 1.165) is 0 Å². The molecule has 0 atom stereocenters. The number of phosphoric acid groups is 2. The first kappa shape index (κ1) is 17.9. The summed E-state index contributed by atoms with van der Waals surface area (Å²) in [6, 6.07) is 0. The van der Waals surface area contributed by atoms with Gasteiger partial charge in [-0.1, -0.05) is 0 Å². The van der Waals surface area contributed by atoms with Crippen molar-refractivity contribution in [3.05, 3.63) is 0 Å². The monoisotopic (exact) mass is 286 g/mol. The Morgan fingerprint density at radius 3 is 1.47 bits per heavy atom. The fourth-order valence-corrected chi connectivity index (χ4v) is 1.42. The summed E-state index contributed by atoms with van der Waals surface area (Å²) in [6.07, 6.45) is 0. The fraction of sp³-hybridized carbons (Fsp3) is 1.00. The molecule has 15 heavy (non-hydrogen) atoms. The second kappa shape index (κ2) is 8.64. The van der Waals surface area contributed by atoms with E-state index in [2.05, 4.69) is 13.1 Å². The van der Waals surface area contributed by atoms with Gasteiger partial charge in [0.05, 0.1) is 25.1 Å². The van der Waals surface area contributed by atoms with E-state index in [4.69, 9.17) is 31.1 Å². The van der Waals surface area contributed by atoms with Crippen molar-refractivity contribution in [1.82, 2.24) is 0 Å². The van der Waals surface area contributed by atoms with Gasteiger partial charge in [-0.05, 0) is 13.8 Å². The zero-order valence-corrected chi connectivity index (χ0v) is 10.6. The lowest BCUT2D eigenvalue weighted by molar-refractivity contribution is 0.171. The molecule has 0 radical (unpaired) electrons. The van der Waals surface area contributed by atoms with Gasteiger partial charge in [-0.15, -0.1) is 0 Å². The van der Waals surface area contributed by atoms with Gasteiger partial charge in [-0.25, -0.2) is 9.13 Å². The minimum absolute atomic E-state index is 0.240. The molecule has 0 spiro atoms. The number of halogens is 1. The van der Waals surface area contributed by atoms with E-state index in [0.29, 0.717) is 0 Å². The maximum Gasteiger partial charge on any atom is 0.491 e. The second-order valence-electron chi connectivity index (χ2n) is 1.87. The van der Waals surface area contributed by atoms with Gasteiger partial charge >= 0.3 is 15.6 Å². The summed E-state index contributed by atoms with van der Waals surface area (Å²) in [7, 11) is -8.07. The number of rotatable bonds is 5. The van der Waals surface area contributed by atoms with Crippen LogP contribution in [0, 0.1) is 0 Å². The Morgan fingerprint density at radius 1 is 1.07 bits per heavy atom. The van der Waals surface area contributed by atoms with Crippen LogP contribution in [0.3, 0.4) is 0 Å². The van der Waals surface area contributed by atoms with E-state index in [1.807, 2.05) is 0 Å². The molecule has 0 bridgehead atoms. The third-order valence-electron chi connectivity index (χ3n) is 0.659. The molecule has 8 nitrogen and oxygen atoms in total. The predicted octanol–water partition coefficient (Wildman–Crippen LogP) is 1.41. The molecule has 94 valence electrons. The molecule has 0 aromatic rings. The van der Waals surface area contributed by atoms with Crippen LogP contribution in [0.5, 0.6) is 0 Å². The predicted molar refractivity (Wildman–Crippen MR) is 52.1 cm³/mol. The number of phosphoric ester groups is 1. The molecule has 0 amide bonds. The van der Waals surface area contributed by atoms with Crippen molar-refractivity contribution in [2.24, 2.45) is 0 Å². The highest BCUT2D eigenvalue weighted by atomic mass is 35.5. The minimum atomic E-state index is -4.64. The lowest BCUT2D eigenvalue weighted by atomic mass is 10.9. The van der Waals surface area contributed by atoms with Crippen LogP contribution in [0.4, 0.5) is 0 Å². The molecular weight excluding hydrogens is 273 g/mol. The molecular formula is C4H13ClO8P2. The Morgan fingerprint density at radius 2 is 1.33 bits per heavy atom. The van der Waals surface area contributed by atoms with Crippen LogP contribution in [0.15, 0.2) is 0 Å². The van der Waals surface area contributed by atoms with E-state index in [-0.39, 0.29) is 13.2 Å². The van der Waals surface area contributed by atoms with Crippen LogP contribution < -0.4 is 0 Å². The molecule has 0 aromatic heterocycles. The Hall–Kier alpha value is 0.510. The summed E-state index contributed by atoms with van der Waals surface area (Å²) in [5, 5.41) is 0. The molecule has 0 saturated heterocycles. The van der Waals surface area contributed by atoms with E-state index in [1.54, 1.807) is 13.8 Å². The standard InChI is InChI=1S/C4H10ClO4P.H3O4P/c1-3-7-10(6,9-5)8-4-2;1-5(2,3)4/h3-4H2,1-2H3;(H3,1,2,3,4). The lowest BCUT2D eigenvalue weighted by Crippen LogP contribution is -1.94. The Kier molecular flexibility index (Phi) is 10.3. The average Bonchev–Trinajstić information content (AvgIpc) is 2.02. The first-order valence-electron chi connectivity index (χ1n) is 3.66. The highest BCUT2D eigenvalue weighted by Gasteiger charge is 2.24. The SMILES string of the molecule is CCOP(=O)(OCl)OCC.O=P(O)(O)O. The first-order valence-corrected chi connectivity index (χ1v) is 6.99. The highest BCUT2D eigenvalue weighted by molar-refractivity contribution is 7.49. The Bertz CT molecular complexity index is 221. The van der Waals surface area contributed by atoms with E-state index < -0.39 is 15.6 Å². The molecule has 0 aromatic carbocycles. The van der Waals surface area contributed by atoms with E-state index in [1.165, 1.54) is 0 Å². The van der Waals surface area contributed by atoms with Gasteiger partial charge in [-0.2, -0.15) is 4.08 Å². The van der Waals surface area contributed by atoms with Crippen LogP contribution in [0.25, 0.3) is 0 Å². The summed E-state index contributed by atoms with van der Waals surface area (Å²) in [5.41, 5.74) is 0. The smallest absolute Gasteiger partial charge is 0.303 e. The van der Waals surface area contributed by atoms with Crippen molar-refractivity contribution in [3.63, 3.8) is 0 Å². The third kappa shape index (κ3) is 17.1. The summed E-state index contributed by atoms with van der Waals surface area (Å²) < 4.78 is 33.1. The number of hydrogen-bond acceptors (Lipinski definition) is 5. The summed E-state index contributed by atoms with van der Waals surface area (Å²) in [6.45, 7) is 3.82. The maximum atomic E-state index is 11.0. The van der Waals surface area contributed by atoms with Crippen molar-refractivity contribution in [2.45, 2.75) is 13.8 Å². The average molecular weight is 287 g/mol. The van der Waals surface area contributed by atoms with Gasteiger partial charge in [0.15, 0.2) is 0 Å². The Labute approximate surface area is 92.1 Å². The third-order valence-corrected chi connectivity index (χ3v) is 2.48. The zero-order chi connectivity index (χ0) is 12.5. The van der Waals surface area contributed by atoms with Gasteiger partial charge in [0.2, 0.25) is 0 Å². The maximum absolute atomic E-state index is 11.0.